The monoisotopic (exact) mass is 342 g/mol. The molecule has 1 aliphatic rings. The van der Waals surface area contributed by atoms with Crippen LogP contribution in [0.4, 0.5) is 11.4 Å². The predicted molar refractivity (Wildman–Crippen MR) is 92.0 cm³/mol. The SMILES string of the molecule is O=C(COCCOc1ccccc1)Nc1ccc2c(c1)NC(=O)CO2. The molecule has 0 aliphatic carbocycles. The van der Waals surface area contributed by atoms with E-state index in [0.29, 0.717) is 30.3 Å². The molecule has 0 spiro atoms. The molecule has 2 aromatic carbocycles. The Labute approximate surface area is 144 Å². The van der Waals surface area contributed by atoms with E-state index in [-0.39, 0.29) is 25.0 Å². The predicted octanol–water partition coefficient (Wildman–Crippen LogP) is 2.05. The molecule has 7 heteroatoms. The summed E-state index contributed by atoms with van der Waals surface area (Å²) in [5, 5.41) is 5.39. The van der Waals surface area contributed by atoms with Crippen molar-refractivity contribution in [3.8, 4) is 11.5 Å². The summed E-state index contributed by atoms with van der Waals surface area (Å²) in [4.78, 5) is 23.2. The van der Waals surface area contributed by atoms with E-state index in [1.54, 1.807) is 18.2 Å². The molecule has 130 valence electrons. The zero-order valence-corrected chi connectivity index (χ0v) is 13.5. The molecule has 0 atom stereocenters. The molecule has 2 aromatic rings. The minimum atomic E-state index is -0.289. The normalized spacial score (nSPS) is 12.6. The van der Waals surface area contributed by atoms with Crippen LogP contribution in [0.25, 0.3) is 0 Å². The van der Waals surface area contributed by atoms with Gasteiger partial charge in [0.05, 0.1) is 12.3 Å². The maximum Gasteiger partial charge on any atom is 0.262 e. The summed E-state index contributed by atoms with van der Waals surface area (Å²) in [6.07, 6.45) is 0. The van der Waals surface area contributed by atoms with E-state index >= 15 is 0 Å². The summed E-state index contributed by atoms with van der Waals surface area (Å²) >= 11 is 0. The number of carbonyl (C=O) groups excluding carboxylic acids is 2. The highest BCUT2D eigenvalue weighted by Gasteiger charge is 2.16. The van der Waals surface area contributed by atoms with Crippen LogP contribution >= 0.6 is 0 Å². The van der Waals surface area contributed by atoms with Gasteiger partial charge in [-0.2, -0.15) is 0 Å². The smallest absolute Gasteiger partial charge is 0.262 e. The number of benzene rings is 2. The summed E-state index contributed by atoms with van der Waals surface area (Å²) in [5.41, 5.74) is 1.09. The number of amides is 2. The van der Waals surface area contributed by atoms with Gasteiger partial charge in [-0.25, -0.2) is 0 Å². The molecule has 2 amide bonds. The molecule has 1 heterocycles. The lowest BCUT2D eigenvalue weighted by Crippen LogP contribution is -2.25. The number of hydrogen-bond acceptors (Lipinski definition) is 5. The van der Waals surface area contributed by atoms with Gasteiger partial charge in [-0.3, -0.25) is 9.59 Å². The zero-order chi connectivity index (χ0) is 17.5. The van der Waals surface area contributed by atoms with Crippen LogP contribution in [0.3, 0.4) is 0 Å². The fourth-order valence-corrected chi connectivity index (χ4v) is 2.26. The van der Waals surface area contributed by atoms with Crippen molar-refractivity contribution in [2.45, 2.75) is 0 Å². The Bertz CT molecular complexity index is 748. The summed E-state index contributed by atoms with van der Waals surface area (Å²) in [6.45, 7) is 0.575. The molecule has 7 nitrogen and oxygen atoms in total. The Morgan fingerprint density at radius 1 is 1.16 bits per heavy atom. The first-order valence-corrected chi connectivity index (χ1v) is 7.83. The van der Waals surface area contributed by atoms with Crippen LogP contribution in [0, 0.1) is 0 Å². The third kappa shape index (κ3) is 4.95. The average Bonchev–Trinajstić information content (AvgIpc) is 2.62. The third-order valence-corrected chi connectivity index (χ3v) is 3.37. The van der Waals surface area contributed by atoms with Gasteiger partial charge in [-0.15, -0.1) is 0 Å². The van der Waals surface area contributed by atoms with E-state index in [2.05, 4.69) is 10.6 Å². The van der Waals surface area contributed by atoms with Crippen molar-refractivity contribution in [1.82, 2.24) is 0 Å². The Morgan fingerprint density at radius 2 is 2.00 bits per heavy atom. The standard InChI is InChI=1S/C18H18N2O5/c21-17(11-23-8-9-24-14-4-2-1-3-5-14)19-13-6-7-16-15(10-13)20-18(22)12-25-16/h1-7,10H,8-9,11-12H2,(H,19,21)(H,20,22). The van der Waals surface area contributed by atoms with Crippen molar-refractivity contribution in [3.63, 3.8) is 0 Å². The largest absolute Gasteiger partial charge is 0.491 e. The molecule has 1 aliphatic heterocycles. The molecule has 0 saturated heterocycles. The molecular formula is C18H18N2O5. The van der Waals surface area contributed by atoms with E-state index in [1.807, 2.05) is 30.3 Å². The fraction of sp³-hybridized carbons (Fsp3) is 0.222. The van der Waals surface area contributed by atoms with Gasteiger partial charge in [0, 0.05) is 5.69 Å². The summed E-state index contributed by atoms with van der Waals surface area (Å²) in [5.74, 6) is 0.821. The maximum absolute atomic E-state index is 11.9. The maximum atomic E-state index is 11.9. The Kier molecular flexibility index (Phi) is 5.48. The van der Waals surface area contributed by atoms with Crippen molar-refractivity contribution in [2.24, 2.45) is 0 Å². The number of para-hydroxylation sites is 1. The number of carbonyl (C=O) groups is 2. The van der Waals surface area contributed by atoms with Crippen LogP contribution in [0.2, 0.25) is 0 Å². The van der Waals surface area contributed by atoms with Gasteiger partial charge in [0.15, 0.2) is 6.61 Å². The minimum absolute atomic E-state index is 0.00238. The van der Waals surface area contributed by atoms with Gasteiger partial charge in [0.2, 0.25) is 5.91 Å². The first-order valence-electron chi connectivity index (χ1n) is 7.83. The molecule has 0 radical (unpaired) electrons. The van der Waals surface area contributed by atoms with E-state index in [0.717, 1.165) is 5.75 Å². The molecule has 0 bridgehead atoms. The topological polar surface area (TPSA) is 85.9 Å². The molecule has 0 saturated carbocycles. The minimum Gasteiger partial charge on any atom is -0.491 e. The Hall–Kier alpha value is -3.06. The van der Waals surface area contributed by atoms with Crippen molar-refractivity contribution in [1.29, 1.82) is 0 Å². The molecule has 3 rings (SSSR count). The van der Waals surface area contributed by atoms with Crippen LogP contribution in [-0.2, 0) is 14.3 Å². The number of hydrogen-bond donors (Lipinski definition) is 2. The van der Waals surface area contributed by atoms with Crippen molar-refractivity contribution in [2.75, 3.05) is 37.1 Å². The van der Waals surface area contributed by atoms with Crippen LogP contribution < -0.4 is 20.1 Å². The number of nitrogens with one attached hydrogen (secondary N) is 2. The Balaban J connectivity index is 1.39. The van der Waals surface area contributed by atoms with Crippen LogP contribution in [-0.4, -0.2) is 38.2 Å². The second kappa shape index (κ2) is 8.16. The summed E-state index contributed by atoms with van der Waals surface area (Å²) in [7, 11) is 0. The number of anilines is 2. The Morgan fingerprint density at radius 3 is 2.84 bits per heavy atom. The van der Waals surface area contributed by atoms with Crippen LogP contribution in [0.1, 0.15) is 0 Å². The van der Waals surface area contributed by atoms with Gasteiger partial charge in [-0.1, -0.05) is 18.2 Å². The highest BCUT2D eigenvalue weighted by Crippen LogP contribution is 2.30. The lowest BCUT2D eigenvalue weighted by molar-refractivity contribution is -0.121. The first kappa shape index (κ1) is 16.8. The highest BCUT2D eigenvalue weighted by molar-refractivity contribution is 5.97. The molecular weight excluding hydrogens is 324 g/mol. The fourth-order valence-electron chi connectivity index (χ4n) is 2.26. The first-order chi connectivity index (χ1) is 12.2. The molecule has 0 unspecified atom stereocenters. The van der Waals surface area contributed by atoms with E-state index in [1.165, 1.54) is 0 Å². The van der Waals surface area contributed by atoms with Gasteiger partial charge < -0.3 is 24.8 Å². The van der Waals surface area contributed by atoms with Gasteiger partial charge in [-0.05, 0) is 30.3 Å². The van der Waals surface area contributed by atoms with E-state index < -0.39 is 0 Å². The average molecular weight is 342 g/mol. The van der Waals surface area contributed by atoms with E-state index in [4.69, 9.17) is 14.2 Å². The van der Waals surface area contributed by atoms with Crippen molar-refractivity contribution in [3.05, 3.63) is 48.5 Å². The van der Waals surface area contributed by atoms with Gasteiger partial charge >= 0.3 is 0 Å². The number of fused-ring (bicyclic) bond motifs is 1. The lowest BCUT2D eigenvalue weighted by Gasteiger charge is -2.18. The van der Waals surface area contributed by atoms with Crippen molar-refractivity contribution >= 4 is 23.2 Å². The molecule has 2 N–H and O–H groups in total. The number of ether oxygens (including phenoxy) is 3. The number of rotatable bonds is 7. The molecule has 0 aromatic heterocycles. The second-order valence-electron chi connectivity index (χ2n) is 5.31. The van der Waals surface area contributed by atoms with Gasteiger partial charge in [0.1, 0.15) is 24.7 Å². The van der Waals surface area contributed by atoms with Gasteiger partial charge in [0.25, 0.3) is 5.91 Å². The quantitative estimate of drug-likeness (QED) is 0.752. The molecule has 0 fully saturated rings. The highest BCUT2D eigenvalue weighted by atomic mass is 16.5. The lowest BCUT2D eigenvalue weighted by atomic mass is 10.2. The van der Waals surface area contributed by atoms with Crippen LogP contribution in [0.15, 0.2) is 48.5 Å². The zero-order valence-electron chi connectivity index (χ0n) is 13.5. The summed E-state index contributed by atoms with van der Waals surface area (Å²) < 4.78 is 16.0. The third-order valence-electron chi connectivity index (χ3n) is 3.37. The van der Waals surface area contributed by atoms with Crippen LogP contribution in [0.5, 0.6) is 11.5 Å². The molecule has 25 heavy (non-hydrogen) atoms. The second-order valence-corrected chi connectivity index (χ2v) is 5.31. The van der Waals surface area contributed by atoms with Crippen molar-refractivity contribution < 1.29 is 23.8 Å². The van der Waals surface area contributed by atoms with E-state index in [9.17, 15) is 9.59 Å². The summed E-state index contributed by atoms with van der Waals surface area (Å²) in [6, 6.07) is 14.4.